The first-order chi connectivity index (χ1) is 20.8. The van der Waals surface area contributed by atoms with E-state index in [-0.39, 0.29) is 24.8 Å². The Balaban J connectivity index is 2.10. The van der Waals surface area contributed by atoms with Gasteiger partial charge in [0.25, 0.3) is 0 Å². The molecule has 7 N–H and O–H groups in total. The van der Waals surface area contributed by atoms with Gasteiger partial charge in [-0.1, -0.05) is 70.9 Å². The van der Waals surface area contributed by atoms with Crippen LogP contribution in [0.3, 0.4) is 0 Å². The molecule has 0 unspecified atom stereocenters. The van der Waals surface area contributed by atoms with Crippen molar-refractivity contribution in [2.75, 3.05) is 13.1 Å². The third-order valence-electron chi connectivity index (χ3n) is 8.27. The van der Waals surface area contributed by atoms with Gasteiger partial charge in [-0.3, -0.25) is 24.0 Å². The number of carboxylic acids is 1. The average molecular weight is 617 g/mol. The van der Waals surface area contributed by atoms with E-state index >= 15 is 0 Å². The Morgan fingerprint density at radius 2 is 1.55 bits per heavy atom. The van der Waals surface area contributed by atoms with Gasteiger partial charge in [0.15, 0.2) is 0 Å². The summed E-state index contributed by atoms with van der Waals surface area (Å²) >= 11 is 0. The van der Waals surface area contributed by atoms with Crippen molar-refractivity contribution >= 4 is 35.5 Å². The number of aliphatic carboxylic acids is 1. The van der Waals surface area contributed by atoms with Crippen molar-refractivity contribution in [3.05, 3.63) is 35.9 Å². The summed E-state index contributed by atoms with van der Waals surface area (Å²) in [4.78, 5) is 77.9. The molecule has 2 rings (SSSR count). The molecule has 13 nitrogen and oxygen atoms in total. The largest absolute Gasteiger partial charge is 0.480 e. The molecule has 0 aromatic heterocycles. The zero-order valence-electron chi connectivity index (χ0n) is 26.3. The van der Waals surface area contributed by atoms with Crippen LogP contribution in [-0.4, -0.2) is 88.8 Å². The lowest BCUT2D eigenvalue weighted by Crippen LogP contribution is -2.58. The van der Waals surface area contributed by atoms with Gasteiger partial charge in [-0.25, -0.2) is 4.79 Å². The molecule has 44 heavy (non-hydrogen) atoms. The predicted octanol–water partition coefficient (Wildman–Crippen LogP) is 0.315. The number of nitrogens with one attached hydrogen (secondary N) is 4. The lowest BCUT2D eigenvalue weighted by molar-refractivity contribution is -0.149. The van der Waals surface area contributed by atoms with E-state index in [1.807, 2.05) is 39.0 Å². The molecular formula is C31H48N6O7. The Morgan fingerprint density at radius 3 is 2.14 bits per heavy atom. The van der Waals surface area contributed by atoms with E-state index in [2.05, 4.69) is 21.3 Å². The van der Waals surface area contributed by atoms with Crippen molar-refractivity contribution in [2.24, 2.45) is 17.6 Å². The number of rotatable bonds is 16. The highest BCUT2D eigenvalue weighted by Crippen LogP contribution is 2.20. The van der Waals surface area contributed by atoms with Gasteiger partial charge in [0, 0.05) is 13.0 Å². The third-order valence-corrected chi connectivity index (χ3v) is 8.27. The number of hydrogen-bond acceptors (Lipinski definition) is 7. The molecule has 7 atom stereocenters. The normalized spacial score (nSPS) is 18.6. The zero-order valence-corrected chi connectivity index (χ0v) is 26.3. The minimum Gasteiger partial charge on any atom is -0.480 e. The Hall–Kier alpha value is -4.00. The number of nitrogens with zero attached hydrogens (tertiary/aromatic N) is 1. The van der Waals surface area contributed by atoms with E-state index in [0.29, 0.717) is 25.7 Å². The second-order valence-electron chi connectivity index (χ2n) is 11.6. The summed E-state index contributed by atoms with van der Waals surface area (Å²) in [6, 6.07) is 4.28. The van der Waals surface area contributed by atoms with Crippen molar-refractivity contribution in [1.82, 2.24) is 26.2 Å². The molecule has 1 aromatic carbocycles. The highest BCUT2D eigenvalue weighted by molar-refractivity contribution is 5.95. The second-order valence-corrected chi connectivity index (χ2v) is 11.6. The third kappa shape index (κ3) is 10.3. The van der Waals surface area contributed by atoms with Crippen LogP contribution in [-0.2, 0) is 35.2 Å². The summed E-state index contributed by atoms with van der Waals surface area (Å²) in [7, 11) is 0. The van der Waals surface area contributed by atoms with Gasteiger partial charge in [-0.15, -0.1) is 0 Å². The fraction of sp³-hybridized carbons (Fsp3) is 0.613. The zero-order chi connectivity index (χ0) is 33.0. The molecular weight excluding hydrogens is 568 g/mol. The summed E-state index contributed by atoms with van der Waals surface area (Å²) in [6.45, 7) is 8.66. The van der Waals surface area contributed by atoms with Gasteiger partial charge in [0.1, 0.15) is 24.2 Å². The Kier molecular flexibility index (Phi) is 14.3. The van der Waals surface area contributed by atoms with Crippen LogP contribution in [0.25, 0.3) is 0 Å². The molecule has 244 valence electrons. The van der Waals surface area contributed by atoms with Crippen molar-refractivity contribution in [2.45, 2.75) is 96.9 Å². The first kappa shape index (κ1) is 36.2. The van der Waals surface area contributed by atoms with Gasteiger partial charge < -0.3 is 37.0 Å². The number of carbonyl (C=O) groups is 6. The van der Waals surface area contributed by atoms with Crippen LogP contribution in [0.15, 0.2) is 30.3 Å². The van der Waals surface area contributed by atoms with Crippen molar-refractivity contribution in [3.8, 4) is 0 Å². The molecule has 5 amide bonds. The quantitative estimate of drug-likeness (QED) is 0.152. The molecule has 1 saturated heterocycles. The van der Waals surface area contributed by atoms with E-state index in [1.165, 1.54) is 11.8 Å². The molecule has 1 aliphatic rings. The summed E-state index contributed by atoms with van der Waals surface area (Å²) in [5, 5.41) is 20.0. The van der Waals surface area contributed by atoms with Crippen LogP contribution < -0.4 is 27.0 Å². The van der Waals surface area contributed by atoms with Gasteiger partial charge in [-0.05, 0) is 37.2 Å². The van der Waals surface area contributed by atoms with Gasteiger partial charge in [0.2, 0.25) is 29.5 Å². The lowest BCUT2D eigenvalue weighted by atomic mass is 9.97. The minimum atomic E-state index is -1.10. The highest BCUT2D eigenvalue weighted by Gasteiger charge is 2.39. The maximum Gasteiger partial charge on any atom is 0.326 e. The highest BCUT2D eigenvalue weighted by atomic mass is 16.4. The Bertz CT molecular complexity index is 1160. The van der Waals surface area contributed by atoms with Crippen LogP contribution in [0, 0.1) is 11.8 Å². The SMILES string of the molecule is CC[C@H](C)[C@H](N)C(=O)N[C@@H](C)C(=O)NCC(=O)N[C@H](C(=O)N[C@@H](Cc1ccccc1)C(=O)N1CCC[C@H]1C(=O)O)[C@@H](C)CC. The van der Waals surface area contributed by atoms with Crippen LogP contribution in [0.5, 0.6) is 0 Å². The number of benzene rings is 1. The summed E-state index contributed by atoms with van der Waals surface area (Å²) in [5.74, 6) is -4.30. The maximum atomic E-state index is 13.6. The second kappa shape index (κ2) is 17.3. The molecule has 0 radical (unpaired) electrons. The monoisotopic (exact) mass is 616 g/mol. The minimum absolute atomic E-state index is 0.0730. The molecule has 1 fully saturated rings. The van der Waals surface area contributed by atoms with Crippen molar-refractivity contribution in [1.29, 1.82) is 0 Å². The van der Waals surface area contributed by atoms with Crippen molar-refractivity contribution in [3.63, 3.8) is 0 Å². The number of hydrogen-bond donors (Lipinski definition) is 6. The van der Waals surface area contributed by atoms with E-state index in [1.54, 1.807) is 19.1 Å². The molecule has 1 aliphatic heterocycles. The standard InChI is InChI=1S/C31H48N6O7/c1-6-18(3)25(32)28(40)34-20(5)27(39)33-17-24(38)36-26(19(4)7-2)29(41)35-22(16-21-12-9-8-10-13-21)30(42)37-15-11-14-23(37)31(43)44/h8-10,12-13,18-20,22-23,25-26H,6-7,11,14-17,32H2,1-5H3,(H,33,39)(H,34,40)(H,35,41)(H,36,38)(H,43,44)/t18-,19-,20-,22-,23-,25-,26-/m0/s1. The lowest BCUT2D eigenvalue weighted by Gasteiger charge is -2.30. The molecule has 0 bridgehead atoms. The first-order valence-electron chi connectivity index (χ1n) is 15.3. The summed E-state index contributed by atoms with van der Waals surface area (Å²) in [6.07, 6.45) is 2.23. The van der Waals surface area contributed by atoms with E-state index in [9.17, 15) is 33.9 Å². The first-order valence-corrected chi connectivity index (χ1v) is 15.3. The summed E-state index contributed by atoms with van der Waals surface area (Å²) < 4.78 is 0. The Morgan fingerprint density at radius 1 is 0.909 bits per heavy atom. The number of nitrogens with two attached hydrogens (primary N) is 1. The molecule has 1 heterocycles. The summed E-state index contributed by atoms with van der Waals surface area (Å²) in [5.41, 5.74) is 6.70. The molecule has 13 heteroatoms. The average Bonchev–Trinajstić information content (AvgIpc) is 3.51. The van der Waals surface area contributed by atoms with E-state index in [4.69, 9.17) is 5.73 Å². The maximum absolute atomic E-state index is 13.6. The number of carbonyl (C=O) groups excluding carboxylic acids is 5. The number of carboxylic acid groups (broad SMARTS) is 1. The smallest absolute Gasteiger partial charge is 0.326 e. The Labute approximate surface area is 259 Å². The topological polar surface area (TPSA) is 200 Å². The van der Waals surface area contributed by atoms with Crippen LogP contribution in [0.2, 0.25) is 0 Å². The molecule has 0 spiro atoms. The van der Waals surface area contributed by atoms with Crippen molar-refractivity contribution < 1.29 is 33.9 Å². The predicted molar refractivity (Wildman–Crippen MR) is 164 cm³/mol. The molecule has 0 aliphatic carbocycles. The van der Waals surface area contributed by atoms with Gasteiger partial charge >= 0.3 is 5.97 Å². The van der Waals surface area contributed by atoms with E-state index < -0.39 is 72.3 Å². The molecule has 0 saturated carbocycles. The number of amides is 5. The number of likely N-dealkylation sites (tertiary alicyclic amines) is 1. The van der Waals surface area contributed by atoms with Gasteiger partial charge in [-0.2, -0.15) is 0 Å². The fourth-order valence-corrected chi connectivity index (χ4v) is 4.93. The molecule has 1 aromatic rings. The van der Waals surface area contributed by atoms with E-state index in [0.717, 1.165) is 5.56 Å². The fourth-order valence-electron chi connectivity index (χ4n) is 4.93. The van der Waals surface area contributed by atoms with Gasteiger partial charge in [0.05, 0.1) is 12.6 Å². The van der Waals surface area contributed by atoms with Crippen LogP contribution >= 0.6 is 0 Å². The van der Waals surface area contributed by atoms with Crippen LogP contribution in [0.1, 0.15) is 65.9 Å². The van der Waals surface area contributed by atoms with Crippen LogP contribution in [0.4, 0.5) is 0 Å².